The van der Waals surface area contributed by atoms with Crippen molar-refractivity contribution in [3.8, 4) is 0 Å². The molecule has 4 aromatic carbocycles. The first kappa shape index (κ1) is 30.5. The van der Waals surface area contributed by atoms with Gasteiger partial charge in [-0.3, -0.25) is 23.7 Å². The van der Waals surface area contributed by atoms with Gasteiger partial charge in [0.05, 0.1) is 22.2 Å². The van der Waals surface area contributed by atoms with Crippen LogP contribution in [-0.2, 0) is 27.1 Å². The largest absolute Gasteiger partial charge is 0.418 e. The van der Waals surface area contributed by atoms with Crippen LogP contribution >= 0.6 is 39.0 Å². The SMILES string of the molecule is O=C(Cn1c2c(sc1=O)[C@@H](c1ccc(Br)cc1)[C@@H]1C(=O)N(c3ccccc3C(F)(F)F)C(=O)[C@@H]1S2)Nc1ccc2ccccc2c1. The van der Waals surface area contributed by atoms with E-state index in [2.05, 4.69) is 21.2 Å². The monoisotopic (exact) mass is 723 g/mol. The van der Waals surface area contributed by atoms with Crippen molar-refractivity contribution >= 4 is 78.9 Å². The minimum Gasteiger partial charge on any atom is -0.325 e. The van der Waals surface area contributed by atoms with Gasteiger partial charge in [0.25, 0.3) is 0 Å². The maximum atomic E-state index is 14.0. The number of aromatic nitrogens is 1. The zero-order valence-corrected chi connectivity index (χ0v) is 26.7. The Morgan fingerprint density at radius 1 is 0.870 bits per heavy atom. The van der Waals surface area contributed by atoms with E-state index in [1.807, 2.05) is 36.4 Å². The number of alkyl halides is 3. The lowest BCUT2D eigenvalue weighted by molar-refractivity contribution is -0.137. The molecule has 1 saturated heterocycles. The van der Waals surface area contributed by atoms with Crippen LogP contribution in [-0.4, -0.2) is 27.5 Å². The molecule has 3 atom stereocenters. The van der Waals surface area contributed by atoms with Gasteiger partial charge in [-0.15, -0.1) is 0 Å². The zero-order chi connectivity index (χ0) is 32.3. The van der Waals surface area contributed by atoms with Crippen molar-refractivity contribution < 1.29 is 27.6 Å². The van der Waals surface area contributed by atoms with Crippen molar-refractivity contribution in [2.45, 2.75) is 28.9 Å². The Morgan fingerprint density at radius 3 is 2.30 bits per heavy atom. The number of hydrogen-bond acceptors (Lipinski definition) is 6. The molecular weight excluding hydrogens is 703 g/mol. The second-order valence-corrected chi connectivity index (χ2v) is 13.9. The number of thioether (sulfide) groups is 1. The maximum absolute atomic E-state index is 14.0. The Kier molecular flexibility index (Phi) is 7.65. The average Bonchev–Trinajstić information content (AvgIpc) is 3.47. The maximum Gasteiger partial charge on any atom is 0.418 e. The molecule has 7 nitrogen and oxygen atoms in total. The molecule has 3 amide bonds. The highest BCUT2D eigenvalue weighted by atomic mass is 79.9. The summed E-state index contributed by atoms with van der Waals surface area (Å²) in [6, 6.07) is 24.6. The van der Waals surface area contributed by atoms with Gasteiger partial charge in [0.2, 0.25) is 17.7 Å². The van der Waals surface area contributed by atoms with Crippen molar-refractivity contribution in [3.63, 3.8) is 0 Å². The fourth-order valence-corrected chi connectivity index (χ4v) is 9.08. The summed E-state index contributed by atoms with van der Waals surface area (Å²) in [6.07, 6.45) is -4.80. The summed E-state index contributed by atoms with van der Waals surface area (Å²) in [5.41, 5.74) is -0.486. The van der Waals surface area contributed by atoms with E-state index < -0.39 is 57.1 Å². The van der Waals surface area contributed by atoms with Crippen molar-refractivity contribution in [2.24, 2.45) is 5.92 Å². The Bertz CT molecular complexity index is 2110. The number of nitrogens with zero attached hydrogens (tertiary/aromatic N) is 2. The third-order valence-corrected chi connectivity index (χ3v) is 11.2. The molecule has 0 spiro atoms. The van der Waals surface area contributed by atoms with Gasteiger partial charge < -0.3 is 5.32 Å². The molecule has 0 saturated carbocycles. The van der Waals surface area contributed by atoms with Crippen LogP contribution in [0, 0.1) is 5.92 Å². The number of thiazole rings is 1. The minimum absolute atomic E-state index is 0.338. The predicted molar refractivity (Wildman–Crippen MR) is 174 cm³/mol. The van der Waals surface area contributed by atoms with E-state index in [1.165, 1.54) is 16.7 Å². The Morgan fingerprint density at radius 2 is 1.57 bits per heavy atom. The van der Waals surface area contributed by atoms with Gasteiger partial charge in [-0.1, -0.05) is 93.6 Å². The van der Waals surface area contributed by atoms with Crippen molar-refractivity contribution in [1.82, 2.24) is 4.57 Å². The molecule has 1 N–H and O–H groups in total. The summed E-state index contributed by atoms with van der Waals surface area (Å²) in [4.78, 5) is 55.2. The molecule has 5 aromatic rings. The molecule has 0 bridgehead atoms. The first-order valence-corrected chi connectivity index (χ1v) is 16.5. The van der Waals surface area contributed by atoms with Crippen molar-refractivity contribution in [1.29, 1.82) is 0 Å². The normalized spacial score (nSPS) is 19.3. The molecule has 1 aromatic heterocycles. The number of nitrogens with one attached hydrogen (secondary N) is 1. The molecule has 46 heavy (non-hydrogen) atoms. The zero-order valence-electron chi connectivity index (χ0n) is 23.5. The number of benzene rings is 4. The second kappa shape index (κ2) is 11.6. The topological polar surface area (TPSA) is 88.5 Å². The van der Waals surface area contributed by atoms with Crippen molar-refractivity contribution in [3.05, 3.63) is 121 Å². The highest BCUT2D eigenvalue weighted by Crippen LogP contribution is 2.54. The number of hydrogen-bond donors (Lipinski definition) is 1. The fourth-order valence-electron chi connectivity index (χ4n) is 6.04. The lowest BCUT2D eigenvalue weighted by Gasteiger charge is -2.30. The summed E-state index contributed by atoms with van der Waals surface area (Å²) in [6.45, 7) is -0.363. The molecule has 2 aliphatic rings. The van der Waals surface area contributed by atoms with E-state index in [4.69, 9.17) is 0 Å². The van der Waals surface area contributed by atoms with Gasteiger partial charge >= 0.3 is 11.0 Å². The van der Waals surface area contributed by atoms with E-state index in [1.54, 1.807) is 30.3 Å². The van der Waals surface area contributed by atoms with E-state index in [0.717, 1.165) is 50.5 Å². The molecule has 2 aliphatic heterocycles. The van der Waals surface area contributed by atoms with Crippen molar-refractivity contribution in [2.75, 3.05) is 10.2 Å². The lowest BCUT2D eigenvalue weighted by atomic mass is 9.83. The molecule has 0 unspecified atom stereocenters. The van der Waals surface area contributed by atoms with Crippen LogP contribution in [0.15, 0.2) is 105 Å². The fraction of sp³-hybridized carbons (Fsp3) is 0.152. The molecule has 3 heterocycles. The molecule has 232 valence electrons. The molecule has 0 radical (unpaired) electrons. The van der Waals surface area contributed by atoms with Crippen LogP contribution in [0.3, 0.4) is 0 Å². The van der Waals surface area contributed by atoms with Crippen LogP contribution in [0.5, 0.6) is 0 Å². The second-order valence-electron chi connectivity index (χ2n) is 10.9. The standard InChI is InChI=1S/C33H21BrF3N3O4S2/c34-20-12-9-18(10-13-20)25-26-27(30(43)40(29(26)42)23-8-4-3-7-22(23)33(35,36)37)45-31-28(25)46-32(44)39(31)16-24(41)38-21-14-11-17-5-1-2-6-19(17)15-21/h1-15,25-27H,16H2,(H,38,41)/t25-,26-,27+/m0/s1. The summed E-state index contributed by atoms with van der Waals surface area (Å²) in [5, 5.41) is 3.95. The predicted octanol–water partition coefficient (Wildman–Crippen LogP) is 7.28. The molecule has 0 aliphatic carbocycles. The van der Waals surface area contributed by atoms with Crippen LogP contribution in [0.1, 0.15) is 21.9 Å². The number of halogens is 4. The third-order valence-electron chi connectivity index (χ3n) is 8.06. The Balaban J connectivity index is 1.28. The number of fused-ring (bicyclic) bond motifs is 3. The van der Waals surface area contributed by atoms with Crippen LogP contribution in [0.2, 0.25) is 0 Å². The first-order valence-electron chi connectivity index (χ1n) is 14.0. The minimum atomic E-state index is -4.80. The van der Waals surface area contributed by atoms with E-state index >= 15 is 0 Å². The number of rotatable bonds is 5. The number of imide groups is 1. The third kappa shape index (κ3) is 5.25. The van der Waals surface area contributed by atoms with Gasteiger partial charge in [-0.05, 0) is 52.7 Å². The number of carbonyl (C=O) groups excluding carboxylic acids is 3. The Labute approximate surface area is 276 Å². The van der Waals surface area contributed by atoms with Gasteiger partial charge in [0.1, 0.15) is 11.8 Å². The van der Waals surface area contributed by atoms with E-state index in [0.29, 0.717) is 26.1 Å². The quantitative estimate of drug-likeness (QED) is 0.193. The molecule has 7 rings (SSSR count). The summed E-state index contributed by atoms with van der Waals surface area (Å²) in [5.74, 6) is -3.95. The highest BCUT2D eigenvalue weighted by Gasteiger charge is 2.57. The number of amides is 3. The summed E-state index contributed by atoms with van der Waals surface area (Å²) >= 11 is 5.20. The highest BCUT2D eigenvalue weighted by molar-refractivity contribution is 9.10. The summed E-state index contributed by atoms with van der Waals surface area (Å²) < 4.78 is 44.0. The van der Waals surface area contributed by atoms with Gasteiger partial charge in [-0.25, -0.2) is 4.90 Å². The number of para-hydroxylation sites is 1. The van der Waals surface area contributed by atoms with E-state index in [-0.39, 0.29) is 6.54 Å². The smallest absolute Gasteiger partial charge is 0.325 e. The number of carbonyl (C=O) groups is 3. The lowest BCUT2D eigenvalue weighted by Crippen LogP contribution is -2.33. The molecule has 1 fully saturated rings. The van der Waals surface area contributed by atoms with Gasteiger partial charge in [0.15, 0.2) is 0 Å². The molecule has 13 heteroatoms. The summed E-state index contributed by atoms with van der Waals surface area (Å²) in [7, 11) is 0. The average molecular weight is 725 g/mol. The first-order chi connectivity index (χ1) is 22.0. The Hall–Kier alpha value is -4.20. The molecular formula is C33H21BrF3N3O4S2. The van der Waals surface area contributed by atoms with Crippen LogP contribution in [0.25, 0.3) is 10.8 Å². The van der Waals surface area contributed by atoms with Crippen LogP contribution in [0.4, 0.5) is 24.5 Å². The van der Waals surface area contributed by atoms with Crippen LogP contribution < -0.4 is 15.1 Å². The van der Waals surface area contributed by atoms with Gasteiger partial charge in [-0.2, -0.15) is 13.2 Å². The van der Waals surface area contributed by atoms with Gasteiger partial charge in [0, 0.05) is 21.0 Å². The number of anilines is 2. The van der Waals surface area contributed by atoms with E-state index in [9.17, 15) is 32.3 Å².